The summed E-state index contributed by atoms with van der Waals surface area (Å²) >= 11 is 5.12. The van der Waals surface area contributed by atoms with Crippen LogP contribution in [0.1, 0.15) is 16.5 Å². The Bertz CT molecular complexity index is 542. The van der Waals surface area contributed by atoms with Crippen molar-refractivity contribution in [1.82, 2.24) is 0 Å². The Balaban J connectivity index is 2.45. The molecular formula is C13H14BrNO2S. The highest BCUT2D eigenvalue weighted by molar-refractivity contribution is 9.10. The molecule has 0 aliphatic carbocycles. The third kappa shape index (κ3) is 2.53. The van der Waals surface area contributed by atoms with Gasteiger partial charge in [-0.3, -0.25) is 0 Å². The van der Waals surface area contributed by atoms with Gasteiger partial charge in [-0.05, 0) is 45.6 Å². The van der Waals surface area contributed by atoms with Crippen LogP contribution in [0.15, 0.2) is 34.1 Å². The van der Waals surface area contributed by atoms with E-state index in [1.54, 1.807) is 25.6 Å². The van der Waals surface area contributed by atoms with Gasteiger partial charge in [0.15, 0.2) is 0 Å². The maximum absolute atomic E-state index is 6.31. The number of halogens is 1. The van der Waals surface area contributed by atoms with Gasteiger partial charge in [-0.15, -0.1) is 11.3 Å². The second-order valence-electron chi connectivity index (χ2n) is 3.72. The first-order valence-corrected chi connectivity index (χ1v) is 7.05. The number of rotatable bonds is 4. The van der Waals surface area contributed by atoms with E-state index in [1.807, 2.05) is 29.6 Å². The summed E-state index contributed by atoms with van der Waals surface area (Å²) in [4.78, 5) is 1.07. The van der Waals surface area contributed by atoms with Crippen LogP contribution in [0.3, 0.4) is 0 Å². The van der Waals surface area contributed by atoms with Crippen LogP contribution >= 0.6 is 27.3 Å². The minimum atomic E-state index is -0.232. The fourth-order valence-electron chi connectivity index (χ4n) is 1.75. The van der Waals surface area contributed by atoms with Crippen LogP contribution in [0, 0.1) is 0 Å². The number of nitrogens with two attached hydrogens (primary N) is 1. The van der Waals surface area contributed by atoms with Crippen molar-refractivity contribution in [2.45, 2.75) is 6.04 Å². The number of methoxy groups -OCH3 is 2. The fourth-order valence-corrected chi connectivity index (χ4v) is 3.39. The number of hydrogen-bond acceptors (Lipinski definition) is 4. The molecule has 1 aromatic heterocycles. The van der Waals surface area contributed by atoms with Crippen molar-refractivity contribution in [3.05, 3.63) is 44.6 Å². The first-order valence-electron chi connectivity index (χ1n) is 5.37. The van der Waals surface area contributed by atoms with E-state index in [0.717, 1.165) is 26.4 Å². The minimum absolute atomic E-state index is 0.232. The van der Waals surface area contributed by atoms with Gasteiger partial charge < -0.3 is 15.2 Å². The van der Waals surface area contributed by atoms with E-state index < -0.39 is 0 Å². The van der Waals surface area contributed by atoms with E-state index in [1.165, 1.54) is 0 Å². The normalized spacial score (nSPS) is 12.2. The fraction of sp³-hybridized carbons (Fsp3) is 0.231. The number of thiophene rings is 1. The SMILES string of the molecule is COc1ccc(OC)c(C(N)c2sccc2Br)c1. The van der Waals surface area contributed by atoms with E-state index in [0.29, 0.717) is 0 Å². The van der Waals surface area contributed by atoms with Gasteiger partial charge in [0, 0.05) is 14.9 Å². The van der Waals surface area contributed by atoms with Gasteiger partial charge in [0.05, 0.1) is 20.3 Å². The van der Waals surface area contributed by atoms with Crippen LogP contribution in [0.25, 0.3) is 0 Å². The molecule has 0 saturated heterocycles. The molecule has 2 aromatic rings. The van der Waals surface area contributed by atoms with E-state index in [-0.39, 0.29) is 6.04 Å². The van der Waals surface area contributed by atoms with Crippen LogP contribution in [0.2, 0.25) is 0 Å². The summed E-state index contributed by atoms with van der Waals surface area (Å²) in [6.45, 7) is 0. The van der Waals surface area contributed by atoms with Gasteiger partial charge >= 0.3 is 0 Å². The van der Waals surface area contributed by atoms with Crippen molar-refractivity contribution in [1.29, 1.82) is 0 Å². The minimum Gasteiger partial charge on any atom is -0.497 e. The van der Waals surface area contributed by atoms with Crippen molar-refractivity contribution in [2.24, 2.45) is 5.73 Å². The summed E-state index contributed by atoms with van der Waals surface area (Å²) in [5, 5.41) is 2.01. The zero-order chi connectivity index (χ0) is 13.1. The van der Waals surface area contributed by atoms with Crippen LogP contribution in [0.4, 0.5) is 0 Å². The number of benzene rings is 1. The van der Waals surface area contributed by atoms with Crippen LogP contribution in [-0.2, 0) is 0 Å². The lowest BCUT2D eigenvalue weighted by Gasteiger charge is -2.16. The molecule has 2 N–H and O–H groups in total. The molecule has 1 unspecified atom stereocenters. The summed E-state index contributed by atoms with van der Waals surface area (Å²) in [5.41, 5.74) is 7.22. The predicted molar refractivity (Wildman–Crippen MR) is 77.6 cm³/mol. The smallest absolute Gasteiger partial charge is 0.124 e. The Morgan fingerprint density at radius 1 is 1.22 bits per heavy atom. The molecule has 0 fully saturated rings. The van der Waals surface area contributed by atoms with Crippen LogP contribution in [0.5, 0.6) is 11.5 Å². The molecule has 0 amide bonds. The molecule has 18 heavy (non-hydrogen) atoms. The van der Waals surface area contributed by atoms with Crippen molar-refractivity contribution < 1.29 is 9.47 Å². The molecule has 1 heterocycles. The molecule has 5 heteroatoms. The van der Waals surface area contributed by atoms with Crippen molar-refractivity contribution in [3.63, 3.8) is 0 Å². The number of hydrogen-bond donors (Lipinski definition) is 1. The van der Waals surface area contributed by atoms with Crippen LogP contribution in [-0.4, -0.2) is 14.2 Å². The van der Waals surface area contributed by atoms with Crippen LogP contribution < -0.4 is 15.2 Å². The van der Waals surface area contributed by atoms with Crippen molar-refractivity contribution in [3.8, 4) is 11.5 Å². The van der Waals surface area contributed by atoms with Gasteiger partial charge in [-0.2, -0.15) is 0 Å². The molecule has 0 aliphatic rings. The van der Waals surface area contributed by atoms with Gasteiger partial charge in [-0.1, -0.05) is 0 Å². The molecule has 0 spiro atoms. The second kappa shape index (κ2) is 5.73. The molecule has 2 rings (SSSR count). The zero-order valence-corrected chi connectivity index (χ0v) is 12.5. The summed E-state index contributed by atoms with van der Waals surface area (Å²) in [5.74, 6) is 1.54. The molecular weight excluding hydrogens is 314 g/mol. The Hall–Kier alpha value is -1.04. The Morgan fingerprint density at radius 2 is 2.00 bits per heavy atom. The predicted octanol–water partition coefficient (Wildman–Crippen LogP) is 3.58. The van der Waals surface area contributed by atoms with Gasteiger partial charge in [0.2, 0.25) is 0 Å². The highest BCUT2D eigenvalue weighted by atomic mass is 79.9. The molecule has 0 bridgehead atoms. The zero-order valence-electron chi connectivity index (χ0n) is 10.1. The Labute approximate surface area is 119 Å². The molecule has 3 nitrogen and oxygen atoms in total. The second-order valence-corrected chi connectivity index (χ2v) is 5.52. The lowest BCUT2D eigenvalue weighted by Crippen LogP contribution is -2.12. The van der Waals surface area contributed by atoms with E-state index in [9.17, 15) is 0 Å². The van der Waals surface area contributed by atoms with E-state index in [4.69, 9.17) is 15.2 Å². The lowest BCUT2D eigenvalue weighted by atomic mass is 10.0. The third-order valence-electron chi connectivity index (χ3n) is 2.70. The topological polar surface area (TPSA) is 44.5 Å². The first kappa shape index (κ1) is 13.4. The maximum Gasteiger partial charge on any atom is 0.124 e. The first-order chi connectivity index (χ1) is 8.67. The van der Waals surface area contributed by atoms with Crippen molar-refractivity contribution >= 4 is 27.3 Å². The molecule has 1 aromatic carbocycles. The molecule has 1 atom stereocenters. The third-order valence-corrected chi connectivity index (χ3v) is 4.65. The lowest BCUT2D eigenvalue weighted by molar-refractivity contribution is 0.397. The summed E-state index contributed by atoms with van der Waals surface area (Å²) < 4.78 is 11.6. The molecule has 0 aliphatic heterocycles. The Kier molecular flexibility index (Phi) is 4.27. The van der Waals surface area contributed by atoms with Crippen molar-refractivity contribution in [2.75, 3.05) is 14.2 Å². The standard InChI is InChI=1S/C13H14BrNO2S/c1-16-8-3-4-11(17-2)9(7-8)12(15)13-10(14)5-6-18-13/h3-7,12H,15H2,1-2H3. The average Bonchev–Trinajstić information content (AvgIpc) is 2.83. The molecule has 0 saturated carbocycles. The van der Waals surface area contributed by atoms with Gasteiger partial charge in [0.25, 0.3) is 0 Å². The highest BCUT2D eigenvalue weighted by Crippen LogP contribution is 2.36. The summed E-state index contributed by atoms with van der Waals surface area (Å²) in [7, 11) is 3.28. The summed E-state index contributed by atoms with van der Waals surface area (Å²) in [6.07, 6.45) is 0. The van der Waals surface area contributed by atoms with Gasteiger partial charge in [-0.25, -0.2) is 0 Å². The molecule has 0 radical (unpaired) electrons. The average molecular weight is 328 g/mol. The highest BCUT2D eigenvalue weighted by Gasteiger charge is 2.18. The monoisotopic (exact) mass is 327 g/mol. The van der Waals surface area contributed by atoms with E-state index >= 15 is 0 Å². The largest absolute Gasteiger partial charge is 0.497 e. The molecule has 96 valence electrons. The number of ether oxygens (including phenoxy) is 2. The quantitative estimate of drug-likeness (QED) is 0.933. The van der Waals surface area contributed by atoms with Gasteiger partial charge in [0.1, 0.15) is 11.5 Å². The Morgan fingerprint density at radius 3 is 2.56 bits per heavy atom. The summed E-state index contributed by atoms with van der Waals surface area (Å²) in [6, 6.07) is 7.40. The van der Waals surface area contributed by atoms with E-state index in [2.05, 4.69) is 15.9 Å². The maximum atomic E-state index is 6.31.